The van der Waals surface area contributed by atoms with E-state index in [4.69, 9.17) is 9.72 Å². The average molecular weight is 423 g/mol. The summed E-state index contributed by atoms with van der Waals surface area (Å²) in [5, 5.41) is 0.737. The van der Waals surface area contributed by atoms with Crippen LogP contribution in [0.2, 0.25) is 0 Å². The molecule has 1 aromatic heterocycles. The van der Waals surface area contributed by atoms with Crippen LogP contribution in [0.4, 0.5) is 10.8 Å². The molecular weight excluding hydrogens is 392 g/mol. The first-order valence-electron chi connectivity index (χ1n) is 10.6. The van der Waals surface area contributed by atoms with Gasteiger partial charge in [-0.15, -0.1) is 11.3 Å². The van der Waals surface area contributed by atoms with Crippen molar-refractivity contribution in [2.75, 3.05) is 11.5 Å². The smallest absolute Gasteiger partial charge is 0.233 e. The van der Waals surface area contributed by atoms with Crippen LogP contribution in [0.15, 0.2) is 42.5 Å². The van der Waals surface area contributed by atoms with E-state index in [0.29, 0.717) is 13.0 Å². The van der Waals surface area contributed by atoms with Gasteiger partial charge in [0.25, 0.3) is 0 Å². The van der Waals surface area contributed by atoms with Crippen LogP contribution < -0.4 is 9.64 Å². The van der Waals surface area contributed by atoms with Gasteiger partial charge in [-0.3, -0.25) is 9.69 Å². The zero-order valence-corrected chi connectivity index (χ0v) is 19.3. The first kappa shape index (κ1) is 22.0. The Hall–Kier alpha value is -2.66. The van der Waals surface area contributed by atoms with E-state index in [1.165, 1.54) is 10.4 Å². The largest absolute Gasteiger partial charge is 0.494 e. The topological polar surface area (TPSA) is 42.4 Å². The van der Waals surface area contributed by atoms with Crippen molar-refractivity contribution in [2.45, 2.75) is 53.9 Å². The maximum atomic E-state index is 13.1. The minimum absolute atomic E-state index is 0.0825. The van der Waals surface area contributed by atoms with E-state index in [-0.39, 0.29) is 5.91 Å². The molecule has 4 nitrogen and oxygen atoms in total. The van der Waals surface area contributed by atoms with Gasteiger partial charge in [0.05, 0.1) is 18.0 Å². The number of benzene rings is 2. The van der Waals surface area contributed by atoms with Gasteiger partial charge in [-0.2, -0.15) is 0 Å². The van der Waals surface area contributed by atoms with Crippen molar-refractivity contribution >= 4 is 28.1 Å². The molecule has 1 heterocycles. The fourth-order valence-corrected chi connectivity index (χ4v) is 4.56. The van der Waals surface area contributed by atoms with Gasteiger partial charge in [-0.1, -0.05) is 31.5 Å². The van der Waals surface area contributed by atoms with E-state index >= 15 is 0 Å². The van der Waals surface area contributed by atoms with Crippen LogP contribution in [0.1, 0.15) is 49.6 Å². The number of ether oxygens (including phenoxy) is 1. The fourth-order valence-electron chi connectivity index (χ4n) is 3.50. The van der Waals surface area contributed by atoms with Crippen LogP contribution in [0.3, 0.4) is 0 Å². The summed E-state index contributed by atoms with van der Waals surface area (Å²) < 4.78 is 5.57. The van der Waals surface area contributed by atoms with Gasteiger partial charge in [-0.05, 0) is 69.5 Å². The molecule has 0 aliphatic heterocycles. The fraction of sp³-hybridized carbons (Fsp3) is 0.360. The number of aromatic nitrogens is 1. The van der Waals surface area contributed by atoms with Crippen molar-refractivity contribution < 1.29 is 9.53 Å². The van der Waals surface area contributed by atoms with E-state index in [1.54, 1.807) is 16.2 Å². The summed E-state index contributed by atoms with van der Waals surface area (Å²) in [5.41, 5.74) is 5.16. The number of nitrogens with zero attached hydrogens (tertiary/aromatic N) is 2. The molecule has 0 atom stereocenters. The second-order valence-electron chi connectivity index (χ2n) is 7.35. The van der Waals surface area contributed by atoms with Gasteiger partial charge < -0.3 is 4.74 Å². The normalized spacial score (nSPS) is 10.8. The third kappa shape index (κ3) is 4.73. The summed E-state index contributed by atoms with van der Waals surface area (Å²) in [4.78, 5) is 21.1. The van der Waals surface area contributed by atoms with Crippen molar-refractivity contribution in [3.05, 3.63) is 58.5 Å². The maximum Gasteiger partial charge on any atom is 0.233 e. The molecule has 5 heteroatoms. The molecule has 3 aromatic rings. The Balaban J connectivity index is 2.07. The molecule has 0 N–H and O–H groups in total. The Morgan fingerprint density at radius 2 is 1.80 bits per heavy atom. The Bertz CT molecular complexity index is 1010. The predicted molar refractivity (Wildman–Crippen MR) is 126 cm³/mol. The highest BCUT2D eigenvalue weighted by atomic mass is 32.1. The zero-order chi connectivity index (χ0) is 21.7. The minimum atomic E-state index is 0.0825. The number of anilines is 2. The summed E-state index contributed by atoms with van der Waals surface area (Å²) in [5.74, 6) is 0.934. The molecule has 2 aromatic carbocycles. The lowest BCUT2D eigenvalue weighted by atomic mass is 10.1. The second-order valence-corrected chi connectivity index (χ2v) is 8.41. The summed E-state index contributed by atoms with van der Waals surface area (Å²) in [6.45, 7) is 10.9. The highest BCUT2D eigenvalue weighted by Gasteiger charge is 2.24. The molecule has 158 valence electrons. The summed E-state index contributed by atoms with van der Waals surface area (Å²) >= 11 is 1.60. The molecule has 0 bridgehead atoms. The van der Waals surface area contributed by atoms with Gasteiger partial charge in [0.2, 0.25) is 5.91 Å². The number of rotatable bonds is 8. The van der Waals surface area contributed by atoms with Crippen LogP contribution in [0, 0.1) is 13.8 Å². The second kappa shape index (κ2) is 9.90. The predicted octanol–water partition coefficient (Wildman–Crippen LogP) is 6.85. The molecule has 0 saturated heterocycles. The lowest BCUT2D eigenvalue weighted by Gasteiger charge is -2.22. The van der Waals surface area contributed by atoms with Crippen LogP contribution in [0.5, 0.6) is 5.75 Å². The van der Waals surface area contributed by atoms with Crippen LogP contribution in [-0.2, 0) is 11.2 Å². The zero-order valence-electron chi connectivity index (χ0n) is 18.5. The highest BCUT2D eigenvalue weighted by Crippen LogP contribution is 2.38. The van der Waals surface area contributed by atoms with Gasteiger partial charge in [-0.25, -0.2) is 4.98 Å². The molecule has 3 rings (SSSR count). The molecule has 0 aliphatic carbocycles. The molecule has 0 unspecified atom stereocenters. The molecule has 30 heavy (non-hydrogen) atoms. The van der Waals surface area contributed by atoms with Crippen LogP contribution >= 0.6 is 11.3 Å². The van der Waals surface area contributed by atoms with Crippen molar-refractivity contribution in [2.24, 2.45) is 0 Å². The van der Waals surface area contributed by atoms with E-state index in [2.05, 4.69) is 32.9 Å². The van der Waals surface area contributed by atoms with E-state index in [9.17, 15) is 4.79 Å². The third-order valence-electron chi connectivity index (χ3n) is 4.94. The van der Waals surface area contributed by atoms with Crippen molar-refractivity contribution in [3.63, 3.8) is 0 Å². The number of carbonyl (C=O) groups is 1. The van der Waals surface area contributed by atoms with Crippen molar-refractivity contribution in [1.82, 2.24) is 4.98 Å². The Morgan fingerprint density at radius 3 is 2.40 bits per heavy atom. The van der Waals surface area contributed by atoms with Crippen LogP contribution in [-0.4, -0.2) is 17.5 Å². The summed E-state index contributed by atoms with van der Waals surface area (Å²) in [6, 6.07) is 14.2. The number of aryl methyl sites for hydroxylation is 3. The summed E-state index contributed by atoms with van der Waals surface area (Å²) in [7, 11) is 0. The first-order chi connectivity index (χ1) is 14.5. The number of carbonyl (C=O) groups excluding carboxylic acids is 1. The van der Waals surface area contributed by atoms with Gasteiger partial charge in [0.15, 0.2) is 5.13 Å². The Morgan fingerprint density at radius 1 is 1.07 bits per heavy atom. The number of hydrogen-bond acceptors (Lipinski definition) is 4. The SMILES string of the molecule is CCCC(=O)N(c1nc(-c2ccc(OCC)cc2)c(CC)s1)c1ccc(C)cc1C. The van der Waals surface area contributed by atoms with Crippen molar-refractivity contribution in [3.8, 4) is 17.0 Å². The minimum Gasteiger partial charge on any atom is -0.494 e. The lowest BCUT2D eigenvalue weighted by Crippen LogP contribution is -2.26. The molecule has 0 aliphatic rings. The molecule has 1 amide bonds. The molecular formula is C25H30N2O2S. The third-order valence-corrected chi connectivity index (χ3v) is 6.13. The number of thiazole rings is 1. The Labute approximate surface area is 183 Å². The van der Waals surface area contributed by atoms with Crippen molar-refractivity contribution in [1.29, 1.82) is 0 Å². The van der Waals surface area contributed by atoms with Crippen LogP contribution in [0.25, 0.3) is 11.3 Å². The standard InChI is InChI=1S/C25H30N2O2S/c1-6-9-23(28)27(21-15-10-17(4)16-18(21)5)25-26-24(22(7-2)30-25)19-11-13-20(14-12-19)29-8-3/h10-16H,6-9H2,1-5H3. The van der Waals surface area contributed by atoms with Gasteiger partial charge in [0.1, 0.15) is 5.75 Å². The van der Waals surface area contributed by atoms with E-state index < -0.39 is 0 Å². The van der Waals surface area contributed by atoms with Gasteiger partial charge >= 0.3 is 0 Å². The van der Waals surface area contributed by atoms with E-state index in [1.807, 2.05) is 44.2 Å². The lowest BCUT2D eigenvalue weighted by molar-refractivity contribution is -0.117. The molecule has 0 saturated carbocycles. The first-order valence-corrected chi connectivity index (χ1v) is 11.4. The maximum absolute atomic E-state index is 13.1. The number of amides is 1. The van der Waals surface area contributed by atoms with Gasteiger partial charge in [0, 0.05) is 16.9 Å². The molecule has 0 radical (unpaired) electrons. The highest BCUT2D eigenvalue weighted by molar-refractivity contribution is 7.16. The monoisotopic (exact) mass is 422 g/mol. The number of hydrogen-bond donors (Lipinski definition) is 0. The summed E-state index contributed by atoms with van der Waals surface area (Å²) in [6.07, 6.45) is 2.16. The average Bonchev–Trinajstić information content (AvgIpc) is 3.15. The Kier molecular flexibility index (Phi) is 7.27. The molecule has 0 spiro atoms. The quantitative estimate of drug-likeness (QED) is 0.398. The van der Waals surface area contributed by atoms with E-state index in [0.717, 1.165) is 46.2 Å². The molecule has 0 fully saturated rings.